The highest BCUT2D eigenvalue weighted by atomic mass is 79.9. The van der Waals surface area contributed by atoms with Crippen LogP contribution in [-0.2, 0) is 0 Å². The highest BCUT2D eigenvalue weighted by Gasteiger charge is 2.10. The van der Waals surface area contributed by atoms with Crippen LogP contribution in [0, 0.1) is 11.2 Å². The van der Waals surface area contributed by atoms with Gasteiger partial charge in [-0.3, -0.25) is 0 Å². The quantitative estimate of drug-likeness (QED) is 0.575. The van der Waals surface area contributed by atoms with Crippen LogP contribution < -0.4 is 0 Å². The Hall–Kier alpha value is 0.480. The fourth-order valence-electron chi connectivity index (χ4n) is 1.26. The summed E-state index contributed by atoms with van der Waals surface area (Å²) in [7, 11) is 0. The highest BCUT2D eigenvalue weighted by Crippen LogP contribution is 2.27. The summed E-state index contributed by atoms with van der Waals surface area (Å²) in [4.78, 5) is 0. The van der Waals surface area contributed by atoms with Gasteiger partial charge in [0.05, 0.1) is 0 Å². The Kier molecular flexibility index (Phi) is 2.88. The van der Waals surface area contributed by atoms with Crippen molar-refractivity contribution in [1.82, 2.24) is 0 Å². The average molecular weight is 176 g/mol. The van der Waals surface area contributed by atoms with Gasteiger partial charge in [-0.1, -0.05) is 35.2 Å². The molecule has 0 spiro atoms. The number of hydrogen-bond acceptors (Lipinski definition) is 0. The molecule has 1 radical (unpaired) electrons. The van der Waals surface area contributed by atoms with E-state index >= 15 is 0 Å². The summed E-state index contributed by atoms with van der Waals surface area (Å²) < 4.78 is 0. The van der Waals surface area contributed by atoms with Crippen LogP contribution in [0.5, 0.6) is 0 Å². The Morgan fingerprint density at radius 1 is 1.12 bits per heavy atom. The summed E-state index contributed by atoms with van der Waals surface area (Å²) in [6.45, 7) is 0. The molecule has 1 rings (SSSR count). The van der Waals surface area contributed by atoms with Gasteiger partial charge >= 0.3 is 0 Å². The van der Waals surface area contributed by atoms with Gasteiger partial charge in [0, 0.05) is 5.33 Å². The smallest absolute Gasteiger partial charge is 0.0302 e. The molecule has 1 heteroatoms. The second-order valence-corrected chi connectivity index (χ2v) is 3.05. The third-order valence-corrected chi connectivity index (χ3v) is 2.58. The number of rotatable bonds is 1. The van der Waals surface area contributed by atoms with Crippen LogP contribution in [0.2, 0.25) is 0 Å². The van der Waals surface area contributed by atoms with Crippen LogP contribution in [-0.4, -0.2) is 0 Å². The summed E-state index contributed by atoms with van der Waals surface area (Å²) >= 11 is 3.39. The fraction of sp³-hybridized carbons (Fsp3) is 0.857. The molecule has 1 saturated carbocycles. The molecule has 0 aromatic carbocycles. The molecule has 0 saturated heterocycles. The molecule has 0 aromatic heterocycles. The zero-order chi connectivity index (χ0) is 5.82. The summed E-state index contributed by atoms with van der Waals surface area (Å²) in [5.74, 6) is 0.878. The summed E-state index contributed by atoms with van der Waals surface area (Å²) in [5, 5.41) is 2.17. The molecule has 1 aliphatic rings. The second-order valence-electron chi connectivity index (χ2n) is 2.52. The maximum Gasteiger partial charge on any atom is 0.0302 e. The normalized spacial score (nSPS) is 23.6. The minimum absolute atomic E-state index is 0.878. The predicted octanol–water partition coefficient (Wildman–Crippen LogP) is 3.12. The van der Waals surface area contributed by atoms with E-state index in [0.29, 0.717) is 0 Å². The summed E-state index contributed by atoms with van der Waals surface area (Å²) in [6, 6.07) is 0. The van der Waals surface area contributed by atoms with E-state index in [0.717, 1.165) is 5.92 Å². The van der Waals surface area contributed by atoms with Crippen LogP contribution in [0.25, 0.3) is 0 Å². The zero-order valence-electron chi connectivity index (χ0n) is 5.07. The molecule has 1 aliphatic carbocycles. The molecule has 0 unspecified atom stereocenters. The first-order valence-corrected chi connectivity index (χ1v) is 4.28. The van der Waals surface area contributed by atoms with Gasteiger partial charge in [0.15, 0.2) is 0 Å². The van der Waals surface area contributed by atoms with E-state index in [1.807, 2.05) is 0 Å². The molecule has 0 amide bonds. The van der Waals surface area contributed by atoms with Gasteiger partial charge in [0.25, 0.3) is 0 Å². The van der Waals surface area contributed by atoms with Crippen molar-refractivity contribution < 1.29 is 0 Å². The van der Waals surface area contributed by atoms with Crippen molar-refractivity contribution in [3.63, 3.8) is 0 Å². The van der Waals surface area contributed by atoms with E-state index in [1.165, 1.54) is 32.1 Å². The lowest BCUT2D eigenvalue weighted by molar-refractivity contribution is 0.413. The van der Waals surface area contributed by atoms with E-state index in [1.54, 1.807) is 0 Å². The Balaban J connectivity index is 2.13. The maximum absolute atomic E-state index is 3.39. The highest BCUT2D eigenvalue weighted by molar-refractivity contribution is 9.10. The van der Waals surface area contributed by atoms with Crippen LogP contribution in [0.1, 0.15) is 32.1 Å². The van der Waals surface area contributed by atoms with Crippen molar-refractivity contribution in [1.29, 1.82) is 0 Å². The largest absolute Gasteiger partial charge is 0.0875 e. The van der Waals surface area contributed by atoms with E-state index in [4.69, 9.17) is 0 Å². The number of hydrogen-bond donors (Lipinski definition) is 0. The van der Waals surface area contributed by atoms with Gasteiger partial charge in [-0.2, -0.15) is 0 Å². The average Bonchev–Trinajstić information content (AvgIpc) is 1.90. The molecule has 1 fully saturated rings. The van der Waals surface area contributed by atoms with Crippen LogP contribution >= 0.6 is 15.9 Å². The Bertz CT molecular complexity index is 55.4. The third-order valence-electron chi connectivity index (χ3n) is 1.83. The van der Waals surface area contributed by atoms with Gasteiger partial charge in [0.2, 0.25) is 0 Å². The lowest BCUT2D eigenvalue weighted by atomic mass is 9.91. The SMILES string of the molecule is Br[CH]C1CCCCC1. The van der Waals surface area contributed by atoms with E-state index in [9.17, 15) is 0 Å². The number of halogens is 1. The van der Waals surface area contributed by atoms with Crippen molar-refractivity contribution in [3.8, 4) is 0 Å². The molecule has 8 heavy (non-hydrogen) atoms. The Labute approximate surface area is 59.8 Å². The minimum Gasteiger partial charge on any atom is -0.0875 e. The second kappa shape index (κ2) is 3.49. The molecule has 0 N–H and O–H groups in total. The first-order chi connectivity index (χ1) is 3.93. The lowest BCUT2D eigenvalue weighted by Gasteiger charge is -2.17. The molecular formula is C7H12Br. The van der Waals surface area contributed by atoms with Crippen molar-refractivity contribution in [3.05, 3.63) is 5.33 Å². The van der Waals surface area contributed by atoms with Gasteiger partial charge in [-0.05, 0) is 18.8 Å². The van der Waals surface area contributed by atoms with E-state index in [2.05, 4.69) is 21.3 Å². The first kappa shape index (κ1) is 6.60. The van der Waals surface area contributed by atoms with Crippen molar-refractivity contribution in [2.24, 2.45) is 5.92 Å². The van der Waals surface area contributed by atoms with Crippen LogP contribution in [0.15, 0.2) is 0 Å². The van der Waals surface area contributed by atoms with E-state index in [-0.39, 0.29) is 0 Å². The minimum atomic E-state index is 0.878. The zero-order valence-corrected chi connectivity index (χ0v) is 6.65. The molecule has 0 aliphatic heterocycles. The lowest BCUT2D eigenvalue weighted by Crippen LogP contribution is -2.03. The van der Waals surface area contributed by atoms with Gasteiger partial charge < -0.3 is 0 Å². The fourth-order valence-corrected chi connectivity index (χ4v) is 1.79. The molecular weight excluding hydrogens is 164 g/mol. The van der Waals surface area contributed by atoms with Crippen LogP contribution in [0.3, 0.4) is 0 Å². The Morgan fingerprint density at radius 3 is 2.12 bits per heavy atom. The molecule has 0 heterocycles. The van der Waals surface area contributed by atoms with Gasteiger partial charge in [0.1, 0.15) is 0 Å². The molecule has 0 atom stereocenters. The topological polar surface area (TPSA) is 0 Å². The Morgan fingerprint density at radius 2 is 1.75 bits per heavy atom. The van der Waals surface area contributed by atoms with Crippen molar-refractivity contribution in [2.75, 3.05) is 0 Å². The predicted molar refractivity (Wildman–Crippen MR) is 39.8 cm³/mol. The third kappa shape index (κ3) is 1.77. The molecule has 0 aromatic rings. The van der Waals surface area contributed by atoms with Crippen LogP contribution in [0.4, 0.5) is 0 Å². The van der Waals surface area contributed by atoms with Gasteiger partial charge in [-0.25, -0.2) is 0 Å². The standard InChI is InChI=1S/C7H12Br/c8-6-7-4-2-1-3-5-7/h6-7H,1-5H2. The molecule has 0 bridgehead atoms. The van der Waals surface area contributed by atoms with Crippen molar-refractivity contribution >= 4 is 15.9 Å². The molecule has 0 nitrogen and oxygen atoms in total. The van der Waals surface area contributed by atoms with Gasteiger partial charge in [-0.15, -0.1) is 0 Å². The first-order valence-electron chi connectivity index (χ1n) is 3.37. The summed E-state index contributed by atoms with van der Waals surface area (Å²) in [6.07, 6.45) is 7.15. The molecule has 47 valence electrons. The van der Waals surface area contributed by atoms with Crippen molar-refractivity contribution in [2.45, 2.75) is 32.1 Å². The monoisotopic (exact) mass is 175 g/mol. The maximum atomic E-state index is 3.39. The van der Waals surface area contributed by atoms with E-state index < -0.39 is 0 Å². The summed E-state index contributed by atoms with van der Waals surface area (Å²) in [5.41, 5.74) is 0.